The molecule has 0 spiro atoms. The van der Waals surface area contributed by atoms with Crippen molar-refractivity contribution in [2.24, 2.45) is 0 Å². The van der Waals surface area contributed by atoms with Gasteiger partial charge in [-0.2, -0.15) is 39.5 Å². The third-order valence-corrected chi connectivity index (χ3v) is 6.69. The maximum atomic E-state index is 10.6. The van der Waals surface area contributed by atoms with Gasteiger partial charge in [0, 0.05) is 45.3 Å². The SMILES string of the molecule is COc1ccc(CN2C[C@@H]3OCCN(CCN4CCCC4)[C@@H]3C2)cc1.O=C(O)C(F)(F)F.O=C(O)C(F)(F)F.O=C(O)C(F)(F)F. The third-order valence-electron chi connectivity index (χ3n) is 6.69. The Labute approximate surface area is 257 Å². The van der Waals surface area contributed by atoms with Gasteiger partial charge >= 0.3 is 36.4 Å². The summed E-state index contributed by atoms with van der Waals surface area (Å²) in [4.78, 5) is 34.5. The minimum absolute atomic E-state index is 0.380. The maximum Gasteiger partial charge on any atom is 0.490 e. The number of alkyl halides is 9. The van der Waals surface area contributed by atoms with Gasteiger partial charge in [-0.1, -0.05) is 12.1 Å². The number of benzene rings is 1. The summed E-state index contributed by atoms with van der Waals surface area (Å²) < 4.78 is 107. The maximum absolute atomic E-state index is 10.6. The summed E-state index contributed by atoms with van der Waals surface area (Å²) in [6, 6.07) is 9.02. The summed E-state index contributed by atoms with van der Waals surface area (Å²) in [6.45, 7) is 10.2. The lowest BCUT2D eigenvalue weighted by molar-refractivity contribution is -0.193. The minimum atomic E-state index is -5.08. The Morgan fingerprint density at radius 1 is 0.761 bits per heavy atom. The highest BCUT2D eigenvalue weighted by molar-refractivity contribution is 5.73. The van der Waals surface area contributed by atoms with Gasteiger partial charge in [0.05, 0.1) is 19.8 Å². The molecule has 3 N–H and O–H groups in total. The highest BCUT2D eigenvalue weighted by atomic mass is 19.4. The molecule has 3 saturated heterocycles. The van der Waals surface area contributed by atoms with Gasteiger partial charge in [0.2, 0.25) is 0 Å². The number of hydrogen-bond donors (Lipinski definition) is 3. The van der Waals surface area contributed by atoms with Crippen molar-refractivity contribution >= 4 is 17.9 Å². The lowest BCUT2D eigenvalue weighted by Gasteiger charge is -2.37. The number of halogens is 9. The third kappa shape index (κ3) is 15.3. The molecule has 3 aliphatic heterocycles. The van der Waals surface area contributed by atoms with Crippen LogP contribution in [0.3, 0.4) is 0 Å². The molecule has 0 amide bonds. The van der Waals surface area contributed by atoms with Crippen LogP contribution in [0, 0.1) is 0 Å². The van der Waals surface area contributed by atoms with Crippen molar-refractivity contribution in [2.45, 2.75) is 50.1 Å². The quantitative estimate of drug-likeness (QED) is 0.379. The van der Waals surface area contributed by atoms with E-state index in [1.165, 1.54) is 44.6 Å². The molecule has 3 aliphatic rings. The Balaban J connectivity index is 0.000000413. The zero-order valence-corrected chi connectivity index (χ0v) is 24.4. The summed E-state index contributed by atoms with van der Waals surface area (Å²) in [5.41, 5.74) is 1.35. The molecule has 0 bridgehead atoms. The number of fused-ring (bicyclic) bond motifs is 1. The van der Waals surface area contributed by atoms with Crippen LogP contribution in [0.25, 0.3) is 0 Å². The van der Waals surface area contributed by atoms with E-state index in [1.807, 2.05) is 0 Å². The van der Waals surface area contributed by atoms with Crippen LogP contribution >= 0.6 is 0 Å². The number of rotatable bonds is 6. The minimum Gasteiger partial charge on any atom is -0.497 e. The fourth-order valence-electron chi connectivity index (χ4n) is 4.51. The average Bonchev–Trinajstić information content (AvgIpc) is 3.62. The molecule has 4 rings (SSSR count). The van der Waals surface area contributed by atoms with E-state index in [1.54, 1.807) is 7.11 Å². The van der Waals surface area contributed by atoms with E-state index >= 15 is 0 Å². The monoisotopic (exact) mass is 687 g/mol. The number of methoxy groups -OCH3 is 1. The van der Waals surface area contributed by atoms with Gasteiger partial charge in [0.15, 0.2) is 0 Å². The first-order valence-corrected chi connectivity index (χ1v) is 13.5. The van der Waals surface area contributed by atoms with Gasteiger partial charge in [-0.05, 0) is 43.6 Å². The van der Waals surface area contributed by atoms with Crippen molar-refractivity contribution in [3.05, 3.63) is 29.8 Å². The van der Waals surface area contributed by atoms with Crippen molar-refractivity contribution in [3.63, 3.8) is 0 Å². The van der Waals surface area contributed by atoms with E-state index in [2.05, 4.69) is 39.0 Å². The summed E-state index contributed by atoms with van der Waals surface area (Å²) in [7, 11) is 1.72. The molecule has 0 saturated carbocycles. The lowest BCUT2D eigenvalue weighted by atomic mass is 10.1. The van der Waals surface area contributed by atoms with E-state index in [0.717, 1.165) is 38.5 Å². The fourth-order valence-corrected chi connectivity index (χ4v) is 4.51. The van der Waals surface area contributed by atoms with Crippen molar-refractivity contribution < 1.29 is 78.7 Å². The highest BCUT2D eigenvalue weighted by Gasteiger charge is 2.41. The molecule has 46 heavy (non-hydrogen) atoms. The zero-order chi connectivity index (χ0) is 35.3. The topological polar surface area (TPSA) is 140 Å². The van der Waals surface area contributed by atoms with Crippen LogP contribution in [0.2, 0.25) is 0 Å². The summed E-state index contributed by atoms with van der Waals surface area (Å²) >= 11 is 0. The Hall–Kier alpha value is -3.36. The number of carboxylic acid groups (broad SMARTS) is 3. The molecule has 0 aromatic heterocycles. The van der Waals surface area contributed by atoms with Gasteiger partial charge in [-0.3, -0.25) is 9.80 Å². The van der Waals surface area contributed by atoms with Gasteiger partial charge in [-0.15, -0.1) is 0 Å². The van der Waals surface area contributed by atoms with E-state index in [0.29, 0.717) is 12.1 Å². The molecule has 11 nitrogen and oxygen atoms in total. The van der Waals surface area contributed by atoms with Crippen LogP contribution in [0.15, 0.2) is 24.3 Å². The van der Waals surface area contributed by atoms with Gasteiger partial charge < -0.3 is 29.7 Å². The molecule has 2 atom stereocenters. The summed E-state index contributed by atoms with van der Waals surface area (Å²) in [5.74, 6) is -7.34. The number of hydrogen-bond acceptors (Lipinski definition) is 8. The Bertz CT molecular complexity index is 1040. The Morgan fingerprint density at radius 3 is 1.63 bits per heavy atom. The molecular weight excluding hydrogens is 653 g/mol. The lowest BCUT2D eigenvalue weighted by Crippen LogP contribution is -2.52. The number of nitrogens with zero attached hydrogens (tertiary/aromatic N) is 3. The van der Waals surface area contributed by atoms with E-state index in [-0.39, 0.29) is 0 Å². The van der Waals surface area contributed by atoms with E-state index in [4.69, 9.17) is 39.2 Å². The van der Waals surface area contributed by atoms with Gasteiger partial charge in [0.1, 0.15) is 5.75 Å². The molecule has 1 aromatic carbocycles. The van der Waals surface area contributed by atoms with Crippen LogP contribution in [0.1, 0.15) is 18.4 Å². The smallest absolute Gasteiger partial charge is 0.490 e. The second kappa shape index (κ2) is 18.1. The molecular formula is C26H34F9N3O8. The van der Waals surface area contributed by atoms with Crippen LogP contribution in [-0.4, -0.2) is 138 Å². The Morgan fingerprint density at radius 2 is 1.22 bits per heavy atom. The predicted molar refractivity (Wildman–Crippen MR) is 140 cm³/mol. The van der Waals surface area contributed by atoms with Crippen molar-refractivity contribution in [3.8, 4) is 5.75 Å². The first-order chi connectivity index (χ1) is 21.1. The Kier molecular flexibility index (Phi) is 16.0. The normalized spacial score (nSPS) is 20.6. The zero-order valence-electron chi connectivity index (χ0n) is 24.4. The molecule has 1 aromatic rings. The molecule has 3 fully saturated rings. The fraction of sp³-hybridized carbons (Fsp3) is 0.654. The molecule has 3 heterocycles. The summed E-state index contributed by atoms with van der Waals surface area (Å²) in [6.07, 6.45) is -12.1. The first-order valence-electron chi connectivity index (χ1n) is 13.5. The molecule has 0 radical (unpaired) electrons. The number of aliphatic carboxylic acids is 3. The van der Waals surface area contributed by atoms with E-state index < -0.39 is 36.4 Å². The van der Waals surface area contributed by atoms with E-state index in [9.17, 15) is 39.5 Å². The standard InChI is InChI=1S/C20H31N3O2.3C2HF3O2/c1-24-18-6-4-17(5-7-18)14-22-15-19-20(16-22)25-13-12-23(19)11-10-21-8-2-3-9-21;3*3-2(4,5)1(6)7/h4-7,19-20H,2-3,8-16H2,1H3;3*(H,6,7)/t19-,20+;;;/m1.../s1. The van der Waals surface area contributed by atoms with Crippen LogP contribution < -0.4 is 4.74 Å². The average molecular weight is 688 g/mol. The van der Waals surface area contributed by atoms with Crippen molar-refractivity contribution in [2.75, 3.05) is 59.5 Å². The number of carboxylic acids is 3. The first kappa shape index (κ1) is 40.7. The predicted octanol–water partition coefficient (Wildman–Crippen LogP) is 3.58. The van der Waals surface area contributed by atoms with Gasteiger partial charge in [-0.25, -0.2) is 14.4 Å². The molecule has 0 unspecified atom stereocenters. The molecule has 20 heteroatoms. The van der Waals surface area contributed by atoms with Crippen LogP contribution in [0.4, 0.5) is 39.5 Å². The van der Waals surface area contributed by atoms with Gasteiger partial charge in [0.25, 0.3) is 0 Å². The number of ether oxygens (including phenoxy) is 2. The van der Waals surface area contributed by atoms with Crippen LogP contribution in [-0.2, 0) is 25.7 Å². The second-order valence-electron chi connectivity index (χ2n) is 10.0. The second-order valence-corrected chi connectivity index (χ2v) is 10.0. The van der Waals surface area contributed by atoms with Crippen molar-refractivity contribution in [1.82, 2.24) is 14.7 Å². The largest absolute Gasteiger partial charge is 0.497 e. The van der Waals surface area contributed by atoms with Crippen LogP contribution in [0.5, 0.6) is 5.75 Å². The number of likely N-dealkylation sites (tertiary alicyclic amines) is 2. The number of carbonyl (C=O) groups is 3. The summed E-state index contributed by atoms with van der Waals surface area (Å²) in [5, 5.41) is 21.4. The highest BCUT2D eigenvalue weighted by Crippen LogP contribution is 2.25. The molecule has 264 valence electrons. The molecule has 0 aliphatic carbocycles. The van der Waals surface area contributed by atoms with Crippen molar-refractivity contribution in [1.29, 1.82) is 0 Å². The number of morpholine rings is 1.